The van der Waals surface area contributed by atoms with Gasteiger partial charge in [0.1, 0.15) is 11.6 Å². The van der Waals surface area contributed by atoms with E-state index in [1.807, 2.05) is 0 Å². The second-order valence-corrected chi connectivity index (χ2v) is 5.30. The predicted octanol–water partition coefficient (Wildman–Crippen LogP) is 3.69. The molecule has 1 aromatic carbocycles. The number of carbonyl (C=O) groups excluding carboxylic acids is 1. The van der Waals surface area contributed by atoms with Gasteiger partial charge in [-0.15, -0.1) is 0 Å². The van der Waals surface area contributed by atoms with Crippen LogP contribution >= 0.6 is 11.6 Å². The van der Waals surface area contributed by atoms with Gasteiger partial charge >= 0.3 is 0 Å². The number of nitrogens with one attached hydrogen (secondary N) is 1. The van der Waals surface area contributed by atoms with Crippen molar-refractivity contribution in [2.45, 2.75) is 19.8 Å². The van der Waals surface area contributed by atoms with Crippen molar-refractivity contribution in [2.75, 3.05) is 6.54 Å². The fourth-order valence-corrected chi connectivity index (χ4v) is 2.63. The number of benzene rings is 1. The molecular formula is C16H15ClF2NO. The van der Waals surface area contributed by atoms with E-state index in [2.05, 4.69) is 11.4 Å². The molecule has 111 valence electrons. The Balaban J connectivity index is 2.45. The molecule has 1 aliphatic carbocycles. The van der Waals surface area contributed by atoms with Gasteiger partial charge in [0.05, 0.1) is 5.92 Å². The van der Waals surface area contributed by atoms with Crippen LogP contribution in [0.3, 0.4) is 0 Å². The molecule has 1 radical (unpaired) electrons. The van der Waals surface area contributed by atoms with Crippen LogP contribution < -0.4 is 5.32 Å². The summed E-state index contributed by atoms with van der Waals surface area (Å²) in [5.41, 5.74) is 1.03. The summed E-state index contributed by atoms with van der Waals surface area (Å²) in [4.78, 5) is 12.3. The smallest absolute Gasteiger partial charge is 0.228 e. The highest BCUT2D eigenvalue weighted by Crippen LogP contribution is 2.38. The van der Waals surface area contributed by atoms with Gasteiger partial charge in [-0.2, -0.15) is 0 Å². The zero-order chi connectivity index (χ0) is 15.6. The van der Waals surface area contributed by atoms with E-state index < -0.39 is 23.5 Å². The van der Waals surface area contributed by atoms with E-state index in [9.17, 15) is 13.6 Å². The summed E-state index contributed by atoms with van der Waals surface area (Å²) in [7, 11) is 0. The average molecular weight is 311 g/mol. The molecule has 0 aliphatic heterocycles. The van der Waals surface area contributed by atoms with E-state index in [0.717, 1.165) is 6.07 Å². The lowest BCUT2D eigenvalue weighted by Gasteiger charge is -2.28. The van der Waals surface area contributed by atoms with Crippen LogP contribution in [0, 0.1) is 23.6 Å². The molecule has 0 bridgehead atoms. The molecule has 21 heavy (non-hydrogen) atoms. The predicted molar refractivity (Wildman–Crippen MR) is 77.6 cm³/mol. The first-order valence-corrected chi connectivity index (χ1v) is 7.01. The minimum atomic E-state index is -0.681. The highest BCUT2D eigenvalue weighted by Gasteiger charge is 2.33. The van der Waals surface area contributed by atoms with Gasteiger partial charge in [-0.25, -0.2) is 8.78 Å². The summed E-state index contributed by atoms with van der Waals surface area (Å²) in [6.45, 7) is 4.01. The number of rotatable bonds is 3. The molecule has 0 fully saturated rings. The fraction of sp³-hybridized carbons (Fsp3) is 0.312. The van der Waals surface area contributed by atoms with Crippen molar-refractivity contribution >= 4 is 17.5 Å². The average Bonchev–Trinajstić information content (AvgIpc) is 2.40. The van der Waals surface area contributed by atoms with Crippen LogP contribution in [0.5, 0.6) is 0 Å². The Kier molecular flexibility index (Phi) is 4.78. The summed E-state index contributed by atoms with van der Waals surface area (Å²) in [6, 6.07) is 3.23. The molecule has 2 atom stereocenters. The summed E-state index contributed by atoms with van der Waals surface area (Å²) in [6.07, 6.45) is 4.49. The zero-order valence-electron chi connectivity index (χ0n) is 11.7. The number of carbonyl (C=O) groups is 1. The summed E-state index contributed by atoms with van der Waals surface area (Å²) in [5.74, 6) is -2.78. The van der Waals surface area contributed by atoms with Crippen LogP contribution in [0.25, 0.3) is 0 Å². The molecule has 2 rings (SSSR count). The van der Waals surface area contributed by atoms with Crippen molar-refractivity contribution < 1.29 is 13.6 Å². The largest absolute Gasteiger partial charge is 0.356 e. The number of amides is 1. The first kappa shape index (κ1) is 15.7. The standard InChI is InChI=1S/C16H15ClF2NO/c1-3-20-16(21)15-9(2)14(17)5-4-13(15)10-6-11(18)8-12(19)7-10/h5-8,13,15H,3H2,1-2H3,(H,20,21). The third kappa shape index (κ3) is 3.32. The van der Waals surface area contributed by atoms with E-state index in [1.165, 1.54) is 12.1 Å². The van der Waals surface area contributed by atoms with Crippen LogP contribution in [-0.4, -0.2) is 12.5 Å². The third-order valence-corrected chi connectivity index (χ3v) is 3.85. The normalized spacial score (nSPS) is 21.6. The van der Waals surface area contributed by atoms with Crippen molar-refractivity contribution in [2.24, 2.45) is 5.92 Å². The van der Waals surface area contributed by atoms with Gasteiger partial charge in [0.15, 0.2) is 0 Å². The number of hydrogen-bond acceptors (Lipinski definition) is 1. The van der Waals surface area contributed by atoms with Gasteiger partial charge in [0, 0.05) is 23.6 Å². The molecule has 2 unspecified atom stereocenters. The fourth-order valence-electron chi connectivity index (χ4n) is 2.45. The van der Waals surface area contributed by atoms with Gasteiger partial charge in [-0.1, -0.05) is 11.6 Å². The highest BCUT2D eigenvalue weighted by atomic mass is 35.5. The van der Waals surface area contributed by atoms with Gasteiger partial charge in [0.2, 0.25) is 5.91 Å². The Bertz CT molecular complexity index is 604. The molecule has 1 N–H and O–H groups in total. The number of hydrogen-bond donors (Lipinski definition) is 1. The van der Waals surface area contributed by atoms with Crippen molar-refractivity contribution in [3.63, 3.8) is 0 Å². The van der Waals surface area contributed by atoms with Gasteiger partial charge in [-0.3, -0.25) is 4.79 Å². The van der Waals surface area contributed by atoms with Gasteiger partial charge in [-0.05, 0) is 49.3 Å². The quantitative estimate of drug-likeness (QED) is 0.906. The van der Waals surface area contributed by atoms with Crippen LogP contribution in [0.15, 0.2) is 34.9 Å². The maximum absolute atomic E-state index is 13.4. The lowest BCUT2D eigenvalue weighted by Crippen LogP contribution is -2.35. The summed E-state index contributed by atoms with van der Waals surface area (Å²) >= 11 is 6.05. The van der Waals surface area contributed by atoms with Crippen molar-refractivity contribution in [1.29, 1.82) is 0 Å². The number of allylic oxidation sites excluding steroid dienone is 3. The molecule has 1 aromatic rings. The second-order valence-electron chi connectivity index (χ2n) is 4.89. The molecule has 2 nitrogen and oxygen atoms in total. The molecule has 0 aromatic heterocycles. The summed E-state index contributed by atoms with van der Waals surface area (Å²) < 4.78 is 26.8. The molecule has 0 saturated carbocycles. The van der Waals surface area contributed by atoms with Crippen molar-refractivity contribution in [1.82, 2.24) is 5.32 Å². The van der Waals surface area contributed by atoms with Gasteiger partial charge < -0.3 is 5.32 Å². The van der Waals surface area contributed by atoms with E-state index in [-0.39, 0.29) is 5.91 Å². The Hall–Kier alpha value is -1.68. The minimum Gasteiger partial charge on any atom is -0.356 e. The van der Waals surface area contributed by atoms with E-state index in [4.69, 9.17) is 11.6 Å². The molecule has 1 amide bonds. The minimum absolute atomic E-state index is 0.233. The van der Waals surface area contributed by atoms with Gasteiger partial charge in [0.25, 0.3) is 0 Å². The SMILES string of the molecule is CCNC(=O)C1C(C)=C(Cl)C=[C]C1c1cc(F)cc(F)c1. The Morgan fingerprint density at radius 2 is 1.95 bits per heavy atom. The monoisotopic (exact) mass is 310 g/mol. The Morgan fingerprint density at radius 3 is 2.52 bits per heavy atom. The Labute approximate surface area is 127 Å². The molecule has 1 aliphatic rings. The maximum atomic E-state index is 13.4. The molecule has 0 spiro atoms. The van der Waals surface area contributed by atoms with Crippen LogP contribution in [0.2, 0.25) is 0 Å². The highest BCUT2D eigenvalue weighted by molar-refractivity contribution is 6.31. The van der Waals surface area contributed by atoms with E-state index >= 15 is 0 Å². The molecular weight excluding hydrogens is 296 g/mol. The maximum Gasteiger partial charge on any atom is 0.228 e. The molecule has 5 heteroatoms. The molecule has 0 saturated heterocycles. The van der Waals surface area contributed by atoms with Crippen LogP contribution in [0.1, 0.15) is 25.3 Å². The summed E-state index contributed by atoms with van der Waals surface area (Å²) in [5, 5.41) is 3.15. The lowest BCUT2D eigenvalue weighted by atomic mass is 9.78. The Morgan fingerprint density at radius 1 is 1.33 bits per heavy atom. The van der Waals surface area contributed by atoms with Crippen LogP contribution in [-0.2, 0) is 4.79 Å². The van der Waals surface area contributed by atoms with Crippen molar-refractivity contribution in [3.8, 4) is 0 Å². The lowest BCUT2D eigenvalue weighted by molar-refractivity contribution is -0.124. The number of halogens is 3. The second kappa shape index (κ2) is 6.39. The first-order valence-electron chi connectivity index (χ1n) is 6.63. The third-order valence-electron chi connectivity index (χ3n) is 3.44. The van der Waals surface area contributed by atoms with E-state index in [1.54, 1.807) is 19.9 Å². The molecule has 0 heterocycles. The zero-order valence-corrected chi connectivity index (χ0v) is 12.5. The first-order chi connectivity index (χ1) is 9.93. The van der Waals surface area contributed by atoms with E-state index in [0.29, 0.717) is 22.7 Å². The topological polar surface area (TPSA) is 29.1 Å². The van der Waals surface area contributed by atoms with Crippen molar-refractivity contribution in [3.05, 3.63) is 58.2 Å². The van der Waals surface area contributed by atoms with Crippen LogP contribution in [0.4, 0.5) is 8.78 Å².